The molecule has 12 heavy (non-hydrogen) atoms. The van der Waals surface area contributed by atoms with Crippen molar-refractivity contribution < 1.29 is 45.0 Å². The van der Waals surface area contributed by atoms with E-state index in [0.29, 0.717) is 0 Å². The monoisotopic (exact) mass is 196 g/mol. The Kier molecular flexibility index (Phi) is 6.85. The Hall–Kier alpha value is 0.0374. The number of hydrogen-bond donors (Lipinski definition) is 0. The molecular weight excluding hydrogens is 192 g/mol. The van der Waals surface area contributed by atoms with Crippen molar-refractivity contribution in [3.8, 4) is 0 Å². The molecule has 0 rings (SSSR count). The Morgan fingerprint density at radius 1 is 1.50 bits per heavy atom. The van der Waals surface area contributed by atoms with E-state index in [0.717, 1.165) is 0 Å². The number of rotatable bonds is 3. The Morgan fingerprint density at radius 3 is 2.17 bits per heavy atom. The van der Waals surface area contributed by atoms with Gasteiger partial charge in [-0.25, -0.2) is 12.8 Å². The third-order valence-electron chi connectivity index (χ3n) is 0.670. The van der Waals surface area contributed by atoms with E-state index < -0.39 is 28.1 Å². The van der Waals surface area contributed by atoms with Gasteiger partial charge in [-0.05, 0) is 0 Å². The van der Waals surface area contributed by atoms with Crippen LogP contribution in [0.5, 0.6) is 0 Å². The second-order valence-corrected chi connectivity index (χ2v) is 3.15. The van der Waals surface area contributed by atoms with Gasteiger partial charge in [0, 0.05) is 6.08 Å². The van der Waals surface area contributed by atoms with Crippen LogP contribution in [0.4, 0.5) is 13.2 Å². The van der Waals surface area contributed by atoms with Crippen LogP contribution in [0.3, 0.4) is 0 Å². The van der Waals surface area contributed by atoms with E-state index in [-0.39, 0.29) is 24.9 Å². The van der Waals surface area contributed by atoms with Crippen LogP contribution < -0.4 is 18.9 Å². The second-order valence-electron chi connectivity index (χ2n) is 1.70. The van der Waals surface area contributed by atoms with Gasteiger partial charge < -0.3 is 4.55 Å². The van der Waals surface area contributed by atoms with Gasteiger partial charge in [-0.1, -0.05) is 0 Å². The van der Waals surface area contributed by atoms with Gasteiger partial charge in [0.25, 0.3) is 6.08 Å². The van der Waals surface area contributed by atoms with Crippen molar-refractivity contribution in [2.45, 2.75) is 6.17 Å². The zero-order chi connectivity index (χ0) is 9.07. The molecule has 3 nitrogen and oxygen atoms in total. The van der Waals surface area contributed by atoms with Crippen molar-refractivity contribution in [1.29, 1.82) is 0 Å². The van der Waals surface area contributed by atoms with Crippen LogP contribution in [0.25, 0.3) is 0 Å². The summed E-state index contributed by atoms with van der Waals surface area (Å²) >= 11 is 0. The molecule has 0 heterocycles. The van der Waals surface area contributed by atoms with Gasteiger partial charge in [0.05, 0.1) is 15.9 Å². The van der Waals surface area contributed by atoms with Crippen molar-refractivity contribution in [2.75, 3.05) is 5.75 Å². The molecule has 0 fully saturated rings. The summed E-state index contributed by atoms with van der Waals surface area (Å²) in [4.78, 5) is 0. The molecule has 0 aliphatic heterocycles. The SMILES string of the molecule is O=S(=O)([O-])CC(F)C=C(F)F.[Li+]. The molecule has 1 unspecified atom stereocenters. The summed E-state index contributed by atoms with van der Waals surface area (Å²) in [6.45, 7) is 0. The molecule has 0 spiro atoms. The first-order chi connectivity index (χ1) is 4.81. The van der Waals surface area contributed by atoms with Crippen LogP contribution in [0.2, 0.25) is 0 Å². The molecule has 0 N–H and O–H groups in total. The molecule has 0 amide bonds. The molecule has 0 saturated heterocycles. The Bertz CT molecular complexity index is 246. The summed E-state index contributed by atoms with van der Waals surface area (Å²) in [6, 6.07) is 0. The summed E-state index contributed by atoms with van der Waals surface area (Å²) in [7, 11) is -4.77. The Balaban J connectivity index is 0. The van der Waals surface area contributed by atoms with Gasteiger partial charge in [-0.15, -0.1) is 0 Å². The first kappa shape index (κ1) is 14.6. The van der Waals surface area contributed by atoms with E-state index in [9.17, 15) is 26.1 Å². The number of allylic oxidation sites excluding steroid dienone is 1. The van der Waals surface area contributed by atoms with Crippen LogP contribution in [0.15, 0.2) is 12.2 Å². The molecule has 0 saturated carbocycles. The van der Waals surface area contributed by atoms with Gasteiger partial charge >= 0.3 is 18.9 Å². The predicted octanol–water partition coefficient (Wildman–Crippen LogP) is -2.35. The molecule has 0 aliphatic rings. The van der Waals surface area contributed by atoms with Crippen LogP contribution in [0.1, 0.15) is 0 Å². The zero-order valence-electron chi connectivity index (χ0n) is 6.13. The minimum atomic E-state index is -4.77. The molecular formula is C4H4F3LiO3S. The molecule has 0 aromatic carbocycles. The van der Waals surface area contributed by atoms with Crippen molar-refractivity contribution in [2.24, 2.45) is 0 Å². The van der Waals surface area contributed by atoms with Crippen LogP contribution in [0, 0.1) is 0 Å². The topological polar surface area (TPSA) is 57.2 Å². The van der Waals surface area contributed by atoms with Gasteiger partial charge in [0.1, 0.15) is 6.17 Å². The Morgan fingerprint density at radius 2 is 1.92 bits per heavy atom. The average molecular weight is 196 g/mol. The summed E-state index contributed by atoms with van der Waals surface area (Å²) in [5, 5.41) is 0. The van der Waals surface area contributed by atoms with Gasteiger partial charge in [-0.2, -0.15) is 8.78 Å². The Labute approximate surface area is 79.6 Å². The minimum absolute atomic E-state index is 0. The fraction of sp³-hybridized carbons (Fsp3) is 0.500. The van der Waals surface area contributed by atoms with Gasteiger partial charge in [0.15, 0.2) is 0 Å². The molecule has 0 aliphatic carbocycles. The predicted molar refractivity (Wildman–Crippen MR) is 29.8 cm³/mol. The van der Waals surface area contributed by atoms with E-state index >= 15 is 0 Å². The number of alkyl halides is 1. The van der Waals surface area contributed by atoms with Crippen molar-refractivity contribution in [3.05, 3.63) is 12.2 Å². The molecule has 0 bridgehead atoms. The fourth-order valence-corrected chi connectivity index (χ4v) is 0.866. The van der Waals surface area contributed by atoms with Crippen LogP contribution in [-0.2, 0) is 10.1 Å². The third kappa shape index (κ3) is 10.0. The first-order valence-corrected chi connectivity index (χ1v) is 3.99. The standard InChI is InChI=1S/C4H5F3O3S.Li/c5-3(1-4(6)7)2-11(8,9)10;/h1,3H,2H2,(H,8,9,10);/q;+1/p-1. The summed E-state index contributed by atoms with van der Waals surface area (Å²) in [5.74, 6) is -1.45. The number of halogens is 3. The normalized spacial score (nSPS) is 13.0. The maximum absolute atomic E-state index is 12.0. The molecule has 66 valence electrons. The molecule has 0 aromatic heterocycles. The van der Waals surface area contributed by atoms with Gasteiger partial charge in [-0.3, -0.25) is 0 Å². The molecule has 1 atom stereocenters. The largest absolute Gasteiger partial charge is 1.00 e. The minimum Gasteiger partial charge on any atom is -0.748 e. The fourth-order valence-electron chi connectivity index (χ4n) is 0.380. The van der Waals surface area contributed by atoms with Gasteiger partial charge in [0.2, 0.25) is 0 Å². The van der Waals surface area contributed by atoms with Crippen molar-refractivity contribution >= 4 is 10.1 Å². The third-order valence-corrected chi connectivity index (χ3v) is 1.40. The second kappa shape index (κ2) is 5.64. The summed E-state index contributed by atoms with van der Waals surface area (Å²) in [6.07, 6.45) is -5.00. The smallest absolute Gasteiger partial charge is 0.748 e. The average Bonchev–Trinajstić information content (AvgIpc) is 1.53. The van der Waals surface area contributed by atoms with E-state index in [4.69, 9.17) is 0 Å². The summed E-state index contributed by atoms with van der Waals surface area (Å²) in [5.41, 5.74) is 0. The molecule has 0 radical (unpaired) electrons. The maximum atomic E-state index is 12.0. The number of hydrogen-bond acceptors (Lipinski definition) is 3. The van der Waals surface area contributed by atoms with E-state index in [1.54, 1.807) is 0 Å². The van der Waals surface area contributed by atoms with E-state index in [1.807, 2.05) is 0 Å². The van der Waals surface area contributed by atoms with Crippen LogP contribution in [-0.4, -0.2) is 24.9 Å². The quantitative estimate of drug-likeness (QED) is 0.375. The first-order valence-electron chi connectivity index (χ1n) is 2.42. The summed E-state index contributed by atoms with van der Waals surface area (Å²) < 4.78 is 63.6. The molecule has 8 heteroatoms. The van der Waals surface area contributed by atoms with E-state index in [2.05, 4.69) is 0 Å². The van der Waals surface area contributed by atoms with E-state index in [1.165, 1.54) is 0 Å². The molecule has 0 aromatic rings. The van der Waals surface area contributed by atoms with Crippen molar-refractivity contribution in [3.63, 3.8) is 0 Å². The van der Waals surface area contributed by atoms with Crippen molar-refractivity contribution in [1.82, 2.24) is 0 Å². The zero-order valence-corrected chi connectivity index (χ0v) is 6.95. The van der Waals surface area contributed by atoms with Crippen LogP contribution >= 0.6 is 0 Å². The maximum Gasteiger partial charge on any atom is 1.00 e.